The van der Waals surface area contributed by atoms with Crippen LogP contribution < -0.4 is 5.32 Å². The molecule has 2 heterocycles. The van der Waals surface area contributed by atoms with Crippen molar-refractivity contribution < 1.29 is 0 Å². The van der Waals surface area contributed by atoms with Gasteiger partial charge in [0.25, 0.3) is 0 Å². The van der Waals surface area contributed by atoms with E-state index < -0.39 is 0 Å². The second kappa shape index (κ2) is 9.67. The van der Waals surface area contributed by atoms with Crippen molar-refractivity contribution in [3.8, 4) is 0 Å². The number of hydrogen-bond donors (Lipinski definition) is 1. The zero-order chi connectivity index (χ0) is 16.5. The zero-order valence-electron chi connectivity index (χ0n) is 14.9. The molecule has 4 nitrogen and oxygen atoms in total. The molecule has 24 heavy (non-hydrogen) atoms. The Hall–Kier alpha value is -1.55. The molecule has 2 aliphatic rings. The van der Waals surface area contributed by atoms with Gasteiger partial charge in [-0.2, -0.15) is 0 Å². The molecule has 0 atom stereocenters. The Labute approximate surface area is 146 Å². The van der Waals surface area contributed by atoms with Crippen LogP contribution in [0, 0.1) is 0 Å². The molecule has 1 N–H and O–H groups in total. The molecule has 0 spiro atoms. The third-order valence-corrected chi connectivity index (χ3v) is 5.03. The lowest BCUT2D eigenvalue weighted by atomic mass is 10.1. The van der Waals surface area contributed by atoms with Gasteiger partial charge in [-0.25, -0.2) is 0 Å². The highest BCUT2D eigenvalue weighted by molar-refractivity contribution is 5.93. The molecular formula is C20H32N4. The highest BCUT2D eigenvalue weighted by atomic mass is 15.3. The number of para-hydroxylation sites is 1. The first-order chi connectivity index (χ1) is 11.9. The number of nitrogens with one attached hydrogen (secondary N) is 1. The lowest BCUT2D eigenvalue weighted by Crippen LogP contribution is -2.40. The monoisotopic (exact) mass is 328 g/mol. The van der Waals surface area contributed by atoms with Crippen LogP contribution in [0.1, 0.15) is 44.9 Å². The Morgan fingerprint density at radius 3 is 2.33 bits per heavy atom. The summed E-state index contributed by atoms with van der Waals surface area (Å²) in [7, 11) is 0. The summed E-state index contributed by atoms with van der Waals surface area (Å²) >= 11 is 0. The van der Waals surface area contributed by atoms with Crippen molar-refractivity contribution in [3.05, 3.63) is 30.3 Å². The Morgan fingerprint density at radius 1 is 0.875 bits per heavy atom. The summed E-state index contributed by atoms with van der Waals surface area (Å²) in [5.41, 5.74) is 1.14. The molecule has 132 valence electrons. The summed E-state index contributed by atoms with van der Waals surface area (Å²) in [6.07, 6.45) is 9.14. The predicted molar refractivity (Wildman–Crippen MR) is 103 cm³/mol. The fraction of sp³-hybridized carbons (Fsp3) is 0.650. The predicted octanol–water partition coefficient (Wildman–Crippen LogP) is 3.82. The first-order valence-electron chi connectivity index (χ1n) is 9.76. The number of hydrogen-bond acceptors (Lipinski definition) is 2. The first-order valence-corrected chi connectivity index (χ1v) is 9.76. The van der Waals surface area contributed by atoms with Crippen molar-refractivity contribution in [3.63, 3.8) is 0 Å². The molecule has 0 radical (unpaired) electrons. The molecule has 0 aliphatic carbocycles. The molecule has 2 aliphatic heterocycles. The quantitative estimate of drug-likeness (QED) is 0.489. The number of benzene rings is 1. The average Bonchev–Trinajstić information content (AvgIpc) is 3.15. The van der Waals surface area contributed by atoms with Crippen LogP contribution in [0.3, 0.4) is 0 Å². The van der Waals surface area contributed by atoms with Gasteiger partial charge in [-0.3, -0.25) is 4.99 Å². The Morgan fingerprint density at radius 2 is 1.58 bits per heavy atom. The molecule has 3 rings (SSSR count). The average molecular weight is 329 g/mol. The topological polar surface area (TPSA) is 30.9 Å². The molecule has 0 bridgehead atoms. The van der Waals surface area contributed by atoms with Crippen LogP contribution >= 0.6 is 0 Å². The van der Waals surface area contributed by atoms with Crippen molar-refractivity contribution in [1.82, 2.24) is 9.80 Å². The molecule has 1 aromatic rings. The summed E-state index contributed by atoms with van der Waals surface area (Å²) in [5.74, 6) is 1.07. The van der Waals surface area contributed by atoms with Gasteiger partial charge in [0, 0.05) is 25.3 Å². The maximum Gasteiger partial charge on any atom is 0.198 e. The molecule has 0 amide bonds. The van der Waals surface area contributed by atoms with Crippen LogP contribution in [0.5, 0.6) is 0 Å². The molecule has 0 unspecified atom stereocenters. The summed E-state index contributed by atoms with van der Waals surface area (Å²) < 4.78 is 0. The van der Waals surface area contributed by atoms with Gasteiger partial charge >= 0.3 is 0 Å². The van der Waals surface area contributed by atoms with E-state index in [0.717, 1.165) is 31.3 Å². The van der Waals surface area contributed by atoms with Crippen LogP contribution in [-0.2, 0) is 0 Å². The molecule has 4 heteroatoms. The van der Waals surface area contributed by atoms with Crippen LogP contribution in [-0.4, -0.2) is 55.0 Å². The third-order valence-electron chi connectivity index (χ3n) is 5.03. The maximum atomic E-state index is 4.92. The van der Waals surface area contributed by atoms with Gasteiger partial charge in [-0.1, -0.05) is 18.2 Å². The SMILES string of the molecule is c1ccc(NC(=NCCCCN2CCCC2)N2CCCCC2)cc1. The highest BCUT2D eigenvalue weighted by Gasteiger charge is 2.15. The summed E-state index contributed by atoms with van der Waals surface area (Å²) in [4.78, 5) is 9.94. The lowest BCUT2D eigenvalue weighted by Gasteiger charge is -2.30. The minimum absolute atomic E-state index is 0.930. The van der Waals surface area contributed by atoms with E-state index in [1.54, 1.807) is 0 Å². The van der Waals surface area contributed by atoms with E-state index in [0.29, 0.717) is 0 Å². The normalized spacial score (nSPS) is 19.7. The van der Waals surface area contributed by atoms with Gasteiger partial charge in [0.1, 0.15) is 0 Å². The lowest BCUT2D eigenvalue weighted by molar-refractivity contribution is 0.329. The van der Waals surface area contributed by atoms with Crippen molar-refractivity contribution in [2.45, 2.75) is 44.9 Å². The van der Waals surface area contributed by atoms with Crippen LogP contribution in [0.4, 0.5) is 5.69 Å². The molecule has 2 fully saturated rings. The summed E-state index contributed by atoms with van der Waals surface area (Å²) in [6.45, 7) is 7.05. The van der Waals surface area contributed by atoms with Gasteiger partial charge in [-0.15, -0.1) is 0 Å². The van der Waals surface area contributed by atoms with E-state index in [9.17, 15) is 0 Å². The Balaban J connectivity index is 1.50. The molecule has 0 aromatic heterocycles. The van der Waals surface area contributed by atoms with Crippen LogP contribution in [0.25, 0.3) is 0 Å². The highest BCUT2D eigenvalue weighted by Crippen LogP contribution is 2.13. The number of nitrogens with zero attached hydrogens (tertiary/aromatic N) is 3. The smallest absolute Gasteiger partial charge is 0.198 e. The number of piperidine rings is 1. The van der Waals surface area contributed by atoms with E-state index >= 15 is 0 Å². The third kappa shape index (κ3) is 5.52. The summed E-state index contributed by atoms with van der Waals surface area (Å²) in [6, 6.07) is 10.4. The zero-order valence-corrected chi connectivity index (χ0v) is 14.9. The standard InChI is InChI=1S/C20H32N4/c1-3-11-19(12-4-1)22-20(24-17-6-2-7-18-24)21-13-5-8-14-23-15-9-10-16-23/h1,3-4,11-12H,2,5-10,13-18H2,(H,21,22). The first kappa shape index (κ1) is 17.3. The van der Waals surface area contributed by atoms with Crippen LogP contribution in [0.15, 0.2) is 35.3 Å². The minimum atomic E-state index is 0.930. The van der Waals surface area contributed by atoms with E-state index in [-0.39, 0.29) is 0 Å². The molecular weight excluding hydrogens is 296 g/mol. The van der Waals surface area contributed by atoms with Gasteiger partial charge in [0.2, 0.25) is 0 Å². The van der Waals surface area contributed by atoms with Gasteiger partial charge in [-0.05, 0) is 76.7 Å². The van der Waals surface area contributed by atoms with E-state index in [1.807, 2.05) is 0 Å². The van der Waals surface area contributed by atoms with Gasteiger partial charge < -0.3 is 15.1 Å². The number of rotatable bonds is 6. The Kier molecular flexibility index (Phi) is 6.97. The number of likely N-dealkylation sites (tertiary alicyclic amines) is 2. The number of aliphatic imine (C=N–C) groups is 1. The van der Waals surface area contributed by atoms with E-state index in [4.69, 9.17) is 4.99 Å². The van der Waals surface area contributed by atoms with Crippen molar-refractivity contribution in [1.29, 1.82) is 0 Å². The van der Waals surface area contributed by atoms with Gasteiger partial charge in [0.15, 0.2) is 5.96 Å². The van der Waals surface area contributed by atoms with E-state index in [1.165, 1.54) is 64.6 Å². The maximum absolute atomic E-state index is 4.92. The molecule has 2 saturated heterocycles. The van der Waals surface area contributed by atoms with E-state index in [2.05, 4.69) is 45.4 Å². The fourth-order valence-corrected chi connectivity index (χ4v) is 3.61. The number of anilines is 1. The molecule has 1 aromatic carbocycles. The summed E-state index contributed by atoms with van der Waals surface area (Å²) in [5, 5.41) is 3.55. The minimum Gasteiger partial charge on any atom is -0.343 e. The Bertz CT molecular complexity index is 488. The fourth-order valence-electron chi connectivity index (χ4n) is 3.61. The largest absolute Gasteiger partial charge is 0.343 e. The van der Waals surface area contributed by atoms with Crippen molar-refractivity contribution >= 4 is 11.6 Å². The van der Waals surface area contributed by atoms with Gasteiger partial charge in [0.05, 0.1) is 0 Å². The van der Waals surface area contributed by atoms with Crippen molar-refractivity contribution in [2.75, 3.05) is 44.6 Å². The number of guanidine groups is 1. The number of unbranched alkanes of at least 4 members (excludes halogenated alkanes) is 1. The van der Waals surface area contributed by atoms with Crippen molar-refractivity contribution in [2.24, 2.45) is 4.99 Å². The van der Waals surface area contributed by atoms with Crippen LogP contribution in [0.2, 0.25) is 0 Å². The molecule has 0 saturated carbocycles. The second-order valence-electron chi connectivity index (χ2n) is 7.00. The second-order valence-corrected chi connectivity index (χ2v) is 7.00.